The minimum atomic E-state index is 0.757. The van der Waals surface area contributed by atoms with Gasteiger partial charge in [-0.1, -0.05) is 13.3 Å². The molecule has 7 heavy (non-hydrogen) atoms. The first-order valence-corrected chi connectivity index (χ1v) is 2.56. The Morgan fingerprint density at radius 2 is 2.43 bits per heavy atom. The second-order valence-electron chi connectivity index (χ2n) is 1.36. The molecule has 0 saturated carbocycles. The summed E-state index contributed by atoms with van der Waals surface area (Å²) in [4.78, 5) is 0. The van der Waals surface area contributed by atoms with Gasteiger partial charge in [-0.2, -0.15) is 0 Å². The van der Waals surface area contributed by atoms with E-state index in [2.05, 4.69) is 6.92 Å². The fourth-order valence-corrected chi connectivity index (χ4v) is 0.296. The normalized spacial score (nSPS) is 9.43. The summed E-state index contributed by atoms with van der Waals surface area (Å²) < 4.78 is 4.73. The lowest BCUT2D eigenvalue weighted by molar-refractivity contribution is 0.195. The van der Waals surface area contributed by atoms with E-state index < -0.39 is 0 Å². The van der Waals surface area contributed by atoms with Crippen LogP contribution in [-0.4, -0.2) is 6.61 Å². The average molecular weight is 102 g/mol. The van der Waals surface area contributed by atoms with E-state index in [4.69, 9.17) is 10.5 Å². The van der Waals surface area contributed by atoms with Crippen molar-refractivity contribution in [2.45, 2.75) is 19.8 Å². The minimum absolute atomic E-state index is 0.757. The van der Waals surface area contributed by atoms with Crippen LogP contribution >= 0.6 is 0 Å². The van der Waals surface area contributed by atoms with Crippen molar-refractivity contribution in [1.82, 2.24) is 0 Å². The molecule has 2 heteroatoms. The molecule has 1 radical (unpaired) electrons. The number of ether oxygens (including phenoxy) is 1. The molecule has 0 bridgehead atoms. The number of hydrogen-bond donors (Lipinski definition) is 1. The maximum absolute atomic E-state index is 4.92. The molecule has 0 aromatic carbocycles. The van der Waals surface area contributed by atoms with Crippen molar-refractivity contribution in [2.24, 2.45) is 5.73 Å². The van der Waals surface area contributed by atoms with E-state index in [1.54, 1.807) is 0 Å². The van der Waals surface area contributed by atoms with E-state index in [-0.39, 0.29) is 0 Å². The Hall–Kier alpha value is -0.0800. The molecule has 0 aromatic rings. The van der Waals surface area contributed by atoms with Crippen LogP contribution in [0, 0.1) is 6.73 Å². The highest BCUT2D eigenvalue weighted by Crippen LogP contribution is 1.85. The van der Waals surface area contributed by atoms with Crippen LogP contribution in [0.5, 0.6) is 0 Å². The van der Waals surface area contributed by atoms with Gasteiger partial charge in [-0.25, -0.2) is 0 Å². The van der Waals surface area contributed by atoms with E-state index in [0.717, 1.165) is 19.4 Å². The van der Waals surface area contributed by atoms with Gasteiger partial charge in [0.2, 0.25) is 0 Å². The van der Waals surface area contributed by atoms with Crippen molar-refractivity contribution in [1.29, 1.82) is 0 Å². The van der Waals surface area contributed by atoms with E-state index in [1.165, 1.54) is 6.73 Å². The quantitative estimate of drug-likeness (QED) is 0.535. The van der Waals surface area contributed by atoms with Crippen LogP contribution in [0.1, 0.15) is 19.8 Å². The summed E-state index contributed by atoms with van der Waals surface area (Å²) in [5.74, 6) is 0. The van der Waals surface area contributed by atoms with Crippen molar-refractivity contribution >= 4 is 0 Å². The molecule has 0 aliphatic carbocycles. The number of nitrogens with two attached hydrogens (primary N) is 1. The maximum Gasteiger partial charge on any atom is 0.145 e. The van der Waals surface area contributed by atoms with E-state index in [0.29, 0.717) is 0 Å². The largest absolute Gasteiger partial charge is 0.359 e. The highest BCUT2D eigenvalue weighted by molar-refractivity contribution is 4.34. The van der Waals surface area contributed by atoms with E-state index in [9.17, 15) is 0 Å². The summed E-state index contributed by atoms with van der Waals surface area (Å²) in [6.07, 6.45) is 2.25. The van der Waals surface area contributed by atoms with Crippen LogP contribution in [0.3, 0.4) is 0 Å². The Labute approximate surface area is 44.7 Å². The zero-order valence-electron chi connectivity index (χ0n) is 4.68. The first kappa shape index (κ1) is 6.92. The van der Waals surface area contributed by atoms with Gasteiger partial charge < -0.3 is 10.5 Å². The topological polar surface area (TPSA) is 35.2 Å². The van der Waals surface area contributed by atoms with Gasteiger partial charge >= 0.3 is 0 Å². The van der Waals surface area contributed by atoms with Gasteiger partial charge in [0.1, 0.15) is 6.73 Å². The van der Waals surface area contributed by atoms with Crippen molar-refractivity contribution in [2.75, 3.05) is 6.61 Å². The van der Waals surface area contributed by atoms with Gasteiger partial charge in [0.05, 0.1) is 0 Å². The van der Waals surface area contributed by atoms with E-state index in [1.807, 2.05) is 0 Å². The summed E-state index contributed by atoms with van der Waals surface area (Å²) in [6, 6.07) is 0. The molecule has 43 valence electrons. The highest BCUT2D eigenvalue weighted by Gasteiger charge is 1.79. The van der Waals surface area contributed by atoms with Gasteiger partial charge in [0.25, 0.3) is 0 Å². The first-order valence-electron chi connectivity index (χ1n) is 2.56. The molecule has 0 aliphatic heterocycles. The smallest absolute Gasteiger partial charge is 0.145 e. The summed E-state index contributed by atoms with van der Waals surface area (Å²) in [5, 5.41) is 0. The molecule has 0 spiro atoms. The third-order valence-electron chi connectivity index (χ3n) is 0.712. The van der Waals surface area contributed by atoms with Gasteiger partial charge in [-0.15, -0.1) is 0 Å². The lowest BCUT2D eigenvalue weighted by Crippen LogP contribution is -1.97. The lowest BCUT2D eigenvalue weighted by Gasteiger charge is -1.93. The third-order valence-corrected chi connectivity index (χ3v) is 0.712. The fourth-order valence-electron chi connectivity index (χ4n) is 0.296. The molecule has 0 heterocycles. The van der Waals surface area contributed by atoms with Crippen molar-refractivity contribution in [3.05, 3.63) is 6.73 Å². The summed E-state index contributed by atoms with van der Waals surface area (Å²) in [6.45, 7) is 4.10. The summed E-state index contributed by atoms with van der Waals surface area (Å²) in [7, 11) is 0. The standard InChI is InChI=1S/C5H12NO/c1-2-3-4-7-5-6/h5H,2-4,6H2,1H3. The number of hydrogen-bond acceptors (Lipinski definition) is 2. The predicted octanol–water partition coefficient (Wildman–Crippen LogP) is 0.881. The molecule has 0 rings (SSSR count). The Kier molecular flexibility index (Phi) is 5.85. The van der Waals surface area contributed by atoms with Crippen LogP contribution in [0.25, 0.3) is 0 Å². The number of rotatable bonds is 4. The zero-order valence-corrected chi connectivity index (χ0v) is 4.68. The lowest BCUT2D eigenvalue weighted by atomic mass is 10.4. The Morgan fingerprint density at radius 1 is 1.71 bits per heavy atom. The van der Waals surface area contributed by atoms with E-state index >= 15 is 0 Å². The van der Waals surface area contributed by atoms with Gasteiger partial charge in [-0.3, -0.25) is 0 Å². The molecule has 0 atom stereocenters. The molecule has 0 amide bonds. The molecule has 2 nitrogen and oxygen atoms in total. The second kappa shape index (κ2) is 5.92. The fraction of sp³-hybridized carbons (Fsp3) is 0.800. The van der Waals surface area contributed by atoms with Crippen LogP contribution in [-0.2, 0) is 4.74 Å². The minimum Gasteiger partial charge on any atom is -0.359 e. The molecular weight excluding hydrogens is 90.1 g/mol. The van der Waals surface area contributed by atoms with Crippen molar-refractivity contribution < 1.29 is 4.74 Å². The summed E-state index contributed by atoms with van der Waals surface area (Å²) in [5.41, 5.74) is 4.92. The molecule has 0 aromatic heterocycles. The average Bonchev–Trinajstić information content (AvgIpc) is 1.69. The summed E-state index contributed by atoms with van der Waals surface area (Å²) >= 11 is 0. The maximum atomic E-state index is 4.92. The number of unbranched alkanes of at least 4 members (excludes halogenated alkanes) is 1. The molecule has 0 unspecified atom stereocenters. The van der Waals surface area contributed by atoms with Gasteiger partial charge in [0.15, 0.2) is 0 Å². The molecule has 2 N–H and O–H groups in total. The zero-order chi connectivity index (χ0) is 5.54. The third kappa shape index (κ3) is 5.92. The predicted molar refractivity (Wildman–Crippen MR) is 29.3 cm³/mol. The van der Waals surface area contributed by atoms with Crippen molar-refractivity contribution in [3.63, 3.8) is 0 Å². The molecular formula is C5H12NO. The molecule has 0 fully saturated rings. The van der Waals surface area contributed by atoms with Gasteiger partial charge in [0, 0.05) is 6.61 Å². The van der Waals surface area contributed by atoms with Crippen molar-refractivity contribution in [3.8, 4) is 0 Å². The molecule has 0 saturated heterocycles. The van der Waals surface area contributed by atoms with Crippen LogP contribution in [0.2, 0.25) is 0 Å². The van der Waals surface area contributed by atoms with Crippen LogP contribution in [0.4, 0.5) is 0 Å². The second-order valence-corrected chi connectivity index (χ2v) is 1.36. The Morgan fingerprint density at radius 3 is 2.86 bits per heavy atom. The van der Waals surface area contributed by atoms with Crippen LogP contribution in [0.15, 0.2) is 0 Å². The SMILES string of the molecule is CCCCO[CH]N. The molecule has 0 aliphatic rings. The monoisotopic (exact) mass is 102 g/mol. The highest BCUT2D eigenvalue weighted by atomic mass is 16.5. The van der Waals surface area contributed by atoms with Crippen LogP contribution < -0.4 is 5.73 Å². The first-order chi connectivity index (χ1) is 3.41. The Balaban J connectivity index is 2.45. The Bertz CT molecular complexity index is 27.3. The van der Waals surface area contributed by atoms with Gasteiger partial charge in [-0.05, 0) is 6.42 Å².